The van der Waals surface area contributed by atoms with Gasteiger partial charge in [-0.1, -0.05) is 0 Å². The van der Waals surface area contributed by atoms with Gasteiger partial charge in [0.1, 0.15) is 0 Å². The van der Waals surface area contributed by atoms with Gasteiger partial charge in [-0.05, 0) is 0 Å². The van der Waals surface area contributed by atoms with Gasteiger partial charge in [-0.25, -0.2) is 22.2 Å². The van der Waals surface area contributed by atoms with Gasteiger partial charge in [-0.15, -0.1) is 0 Å². The van der Waals surface area contributed by atoms with Crippen molar-refractivity contribution < 1.29 is 27.2 Å². The first kappa shape index (κ1) is 13.5. The molecule has 0 unspecified atom stereocenters. The Balaban J connectivity index is 3.69. The largest absolute Gasteiger partial charge is 0.501 e. The number of aromatic hydroxyl groups is 1. The fraction of sp³-hybridized carbons (Fsp3) is 0.167. The molecule has 0 aliphatic heterocycles. The first-order valence-electron chi connectivity index (χ1n) is 3.75. The third-order valence-electron chi connectivity index (χ3n) is 1.67. The molecule has 0 spiro atoms. The highest BCUT2D eigenvalue weighted by atomic mass is 35.7. The van der Waals surface area contributed by atoms with Crippen LogP contribution in [0.2, 0.25) is 0 Å². The van der Waals surface area contributed by atoms with Crippen molar-refractivity contribution in [1.82, 2.24) is 4.98 Å². The summed E-state index contributed by atoms with van der Waals surface area (Å²) in [4.78, 5) is 11.0. The third-order valence-corrected chi connectivity index (χ3v) is 3.00. The van der Waals surface area contributed by atoms with Crippen LogP contribution in [0.25, 0.3) is 0 Å². The second kappa shape index (κ2) is 4.37. The molecule has 0 aliphatic carbocycles. The molecule has 1 N–H and O–H groups in total. The van der Waals surface area contributed by atoms with Crippen LogP contribution in [0.15, 0.2) is 11.1 Å². The van der Waals surface area contributed by atoms with E-state index in [-0.39, 0.29) is 0 Å². The summed E-state index contributed by atoms with van der Waals surface area (Å²) in [7, 11) is 0.261. The minimum atomic E-state index is -4.58. The third kappa shape index (κ3) is 2.58. The number of hydrogen-bond acceptors (Lipinski definition) is 6. The lowest BCUT2D eigenvalue weighted by molar-refractivity contribution is -0.389. The topological polar surface area (TPSA) is 110 Å². The zero-order chi connectivity index (χ0) is 13.4. The average molecular weight is 289 g/mol. The molecule has 0 fully saturated rings. The highest BCUT2D eigenvalue weighted by molar-refractivity contribution is 8.13. The number of rotatable bonds is 3. The van der Waals surface area contributed by atoms with E-state index in [9.17, 15) is 27.3 Å². The van der Waals surface area contributed by atoms with E-state index in [4.69, 9.17) is 15.8 Å². The summed E-state index contributed by atoms with van der Waals surface area (Å²) in [5, 5.41) is 19.7. The van der Waals surface area contributed by atoms with E-state index in [1.54, 1.807) is 0 Å². The standard InChI is InChI=1S/C6H3ClF2N2O5S/c7-17(15,16)2-1-10-3(6(8)9)5(12)4(2)11(13)14/h1,6,12H. The number of hydrogen-bond donors (Lipinski definition) is 1. The predicted octanol–water partition coefficient (Wildman–Crippen LogP) is 1.56. The van der Waals surface area contributed by atoms with Gasteiger partial charge in [0, 0.05) is 10.7 Å². The van der Waals surface area contributed by atoms with E-state index >= 15 is 0 Å². The molecule has 11 heteroatoms. The average Bonchev–Trinajstić information content (AvgIpc) is 2.14. The number of alkyl halides is 2. The molecule has 0 bridgehead atoms. The van der Waals surface area contributed by atoms with Crippen LogP contribution in [0.4, 0.5) is 14.5 Å². The van der Waals surface area contributed by atoms with Crippen molar-refractivity contribution in [2.75, 3.05) is 0 Å². The molecule has 1 aromatic heterocycles. The molecule has 7 nitrogen and oxygen atoms in total. The minimum absolute atomic E-state index is 0.293. The van der Waals surface area contributed by atoms with Crippen molar-refractivity contribution in [3.05, 3.63) is 22.0 Å². The Labute approximate surface area is 97.2 Å². The zero-order valence-electron chi connectivity index (χ0n) is 7.67. The molecule has 0 saturated carbocycles. The summed E-state index contributed by atoms with van der Waals surface area (Å²) < 4.78 is 46.4. The molecule has 0 amide bonds. The zero-order valence-corrected chi connectivity index (χ0v) is 9.24. The lowest BCUT2D eigenvalue weighted by atomic mass is 10.3. The minimum Gasteiger partial charge on any atom is -0.501 e. The SMILES string of the molecule is O=[N+]([O-])c1c(S(=O)(=O)Cl)cnc(C(F)F)c1O. The number of nitrogens with zero attached hydrogens (tertiary/aromatic N) is 2. The summed E-state index contributed by atoms with van der Waals surface area (Å²) in [6.45, 7) is 0. The van der Waals surface area contributed by atoms with Crippen LogP contribution in [0.3, 0.4) is 0 Å². The number of pyridine rings is 1. The predicted molar refractivity (Wildman–Crippen MR) is 50.6 cm³/mol. The van der Waals surface area contributed by atoms with Gasteiger partial charge in [0.2, 0.25) is 5.75 Å². The summed E-state index contributed by atoms with van der Waals surface area (Å²) >= 11 is 0. The molecule has 1 rings (SSSR count). The maximum absolute atomic E-state index is 12.3. The van der Waals surface area contributed by atoms with Crippen LogP contribution in [-0.2, 0) is 9.05 Å². The van der Waals surface area contributed by atoms with Crippen molar-refractivity contribution >= 4 is 25.4 Å². The van der Waals surface area contributed by atoms with Gasteiger partial charge in [0.25, 0.3) is 15.5 Å². The molecular weight excluding hydrogens is 286 g/mol. The van der Waals surface area contributed by atoms with Crippen LogP contribution >= 0.6 is 10.7 Å². The molecule has 0 atom stereocenters. The van der Waals surface area contributed by atoms with E-state index in [1.165, 1.54) is 0 Å². The molecule has 0 saturated heterocycles. The lowest BCUT2D eigenvalue weighted by Gasteiger charge is -2.05. The number of halogens is 3. The van der Waals surface area contributed by atoms with E-state index in [2.05, 4.69) is 4.98 Å². The molecule has 0 aromatic carbocycles. The summed E-state index contributed by atoms with van der Waals surface area (Å²) in [6.07, 6.45) is -3.00. The van der Waals surface area contributed by atoms with Gasteiger partial charge >= 0.3 is 5.69 Å². The summed E-state index contributed by atoms with van der Waals surface area (Å²) in [6, 6.07) is 0. The lowest BCUT2D eigenvalue weighted by Crippen LogP contribution is -2.03. The Morgan fingerprint density at radius 3 is 2.41 bits per heavy atom. The van der Waals surface area contributed by atoms with E-state index in [1.807, 2.05) is 0 Å². The fourth-order valence-corrected chi connectivity index (χ4v) is 1.92. The molecule has 0 radical (unpaired) electrons. The quantitative estimate of drug-likeness (QED) is 0.513. The molecule has 94 valence electrons. The second-order valence-electron chi connectivity index (χ2n) is 2.70. The Bertz CT molecular complexity index is 576. The van der Waals surface area contributed by atoms with Crippen LogP contribution in [0, 0.1) is 10.1 Å². The molecule has 17 heavy (non-hydrogen) atoms. The second-order valence-corrected chi connectivity index (χ2v) is 5.23. The maximum Gasteiger partial charge on any atom is 0.334 e. The summed E-state index contributed by atoms with van der Waals surface area (Å²) in [5.74, 6) is -1.52. The fourth-order valence-electron chi connectivity index (χ4n) is 1.00. The van der Waals surface area contributed by atoms with E-state index in [0.29, 0.717) is 6.20 Å². The van der Waals surface area contributed by atoms with Gasteiger partial charge < -0.3 is 5.11 Å². The van der Waals surface area contributed by atoms with Crippen molar-refractivity contribution in [3.8, 4) is 5.75 Å². The van der Waals surface area contributed by atoms with Crippen molar-refractivity contribution in [2.24, 2.45) is 0 Å². The smallest absolute Gasteiger partial charge is 0.334 e. The monoisotopic (exact) mass is 288 g/mol. The van der Waals surface area contributed by atoms with Crippen molar-refractivity contribution in [3.63, 3.8) is 0 Å². The molecule has 1 heterocycles. The Morgan fingerprint density at radius 2 is 2.06 bits per heavy atom. The van der Waals surface area contributed by atoms with Crippen LogP contribution < -0.4 is 0 Å². The first-order valence-corrected chi connectivity index (χ1v) is 6.06. The highest BCUT2D eigenvalue weighted by Crippen LogP contribution is 2.39. The van der Waals surface area contributed by atoms with Gasteiger partial charge in [0.15, 0.2) is 10.6 Å². The van der Waals surface area contributed by atoms with Gasteiger partial charge in [0.05, 0.1) is 11.1 Å². The molecule has 0 aliphatic rings. The number of nitro groups is 1. The highest BCUT2D eigenvalue weighted by Gasteiger charge is 2.33. The Morgan fingerprint density at radius 1 is 1.53 bits per heavy atom. The van der Waals surface area contributed by atoms with Gasteiger partial charge in [-0.3, -0.25) is 10.1 Å². The Hall–Kier alpha value is -1.55. The van der Waals surface area contributed by atoms with Crippen LogP contribution in [0.1, 0.15) is 12.1 Å². The molecule has 1 aromatic rings. The van der Waals surface area contributed by atoms with Crippen molar-refractivity contribution in [2.45, 2.75) is 11.3 Å². The Kier molecular flexibility index (Phi) is 3.48. The maximum atomic E-state index is 12.3. The normalized spacial score (nSPS) is 11.8. The van der Waals surface area contributed by atoms with Crippen LogP contribution in [0.5, 0.6) is 5.75 Å². The number of aromatic nitrogens is 1. The summed E-state index contributed by atoms with van der Waals surface area (Å²) in [5.41, 5.74) is -2.72. The molecular formula is C6H3ClF2N2O5S. The van der Waals surface area contributed by atoms with E-state index < -0.39 is 42.4 Å². The van der Waals surface area contributed by atoms with Crippen LogP contribution in [-0.4, -0.2) is 23.4 Å². The first-order chi connectivity index (χ1) is 7.66. The van der Waals surface area contributed by atoms with Gasteiger partial charge in [-0.2, -0.15) is 0 Å². The van der Waals surface area contributed by atoms with E-state index in [0.717, 1.165) is 0 Å². The van der Waals surface area contributed by atoms with Crippen molar-refractivity contribution in [1.29, 1.82) is 0 Å².